The van der Waals surface area contributed by atoms with Crippen LogP contribution in [0.25, 0.3) is 15.9 Å². The molecule has 0 bridgehead atoms. The molecular weight excluding hydrogens is 492 g/mol. The lowest BCUT2D eigenvalue weighted by Gasteiger charge is -2.18. The summed E-state index contributed by atoms with van der Waals surface area (Å²) in [5, 5.41) is 5.45. The Morgan fingerprint density at radius 1 is 1.19 bits per heavy atom. The molecule has 0 spiro atoms. The van der Waals surface area contributed by atoms with Gasteiger partial charge in [0, 0.05) is 4.88 Å². The van der Waals surface area contributed by atoms with Crippen LogP contribution in [0.3, 0.4) is 0 Å². The van der Waals surface area contributed by atoms with Crippen LogP contribution >= 0.6 is 23.1 Å². The number of carbonyl (C=O) groups excluding carboxylic acids is 1. The second kappa shape index (κ2) is 10.7. The number of nitrogens with zero attached hydrogens (tertiary/aromatic N) is 3. The zero-order valence-electron chi connectivity index (χ0n) is 20.1. The summed E-state index contributed by atoms with van der Waals surface area (Å²) in [6.45, 7) is 4.19. The topological polar surface area (TPSA) is 85.6 Å². The van der Waals surface area contributed by atoms with Gasteiger partial charge < -0.3 is 4.74 Å². The van der Waals surface area contributed by atoms with Crippen LogP contribution in [0, 0.1) is 5.92 Å². The number of hydrazone groups is 1. The number of hydrogen-bond donors (Lipinski definition) is 1. The fourth-order valence-corrected chi connectivity index (χ4v) is 6.52. The molecule has 0 unspecified atom stereocenters. The second-order valence-corrected chi connectivity index (χ2v) is 10.7. The minimum absolute atomic E-state index is 0.0616. The molecule has 0 radical (unpaired) electrons. The van der Waals surface area contributed by atoms with E-state index in [0.29, 0.717) is 27.0 Å². The van der Waals surface area contributed by atoms with Crippen molar-refractivity contribution in [2.75, 3.05) is 12.0 Å². The molecule has 4 aromatic rings. The van der Waals surface area contributed by atoms with Crippen molar-refractivity contribution in [2.24, 2.45) is 11.0 Å². The first-order valence-electron chi connectivity index (χ1n) is 11.9. The predicted molar refractivity (Wildman–Crippen MR) is 146 cm³/mol. The number of aryl methyl sites for hydroxylation is 1. The summed E-state index contributed by atoms with van der Waals surface area (Å²) >= 11 is 2.61. The number of esters is 1. The Labute approximate surface area is 217 Å². The molecule has 9 heteroatoms. The van der Waals surface area contributed by atoms with E-state index in [0.717, 1.165) is 42.3 Å². The molecule has 36 heavy (non-hydrogen) atoms. The fourth-order valence-electron chi connectivity index (χ4n) is 4.26. The molecule has 0 aliphatic heterocycles. The first-order valence-corrected chi connectivity index (χ1v) is 13.5. The Balaban J connectivity index is 1.64. The number of aromatic nitrogens is 2. The van der Waals surface area contributed by atoms with Crippen LogP contribution in [0.2, 0.25) is 0 Å². The lowest BCUT2D eigenvalue weighted by Crippen LogP contribution is -2.24. The Hall–Kier alpha value is -3.43. The first-order chi connectivity index (χ1) is 17.5. The molecule has 0 saturated carbocycles. The van der Waals surface area contributed by atoms with Gasteiger partial charge in [-0.2, -0.15) is 5.10 Å². The number of hydrogen-bond acceptors (Lipinski definition) is 8. The number of para-hydroxylation sites is 2. The Morgan fingerprint density at radius 2 is 1.92 bits per heavy atom. The highest BCUT2D eigenvalue weighted by atomic mass is 32.2. The van der Waals surface area contributed by atoms with Gasteiger partial charge in [-0.05, 0) is 73.7 Å². The van der Waals surface area contributed by atoms with Crippen molar-refractivity contribution in [3.63, 3.8) is 0 Å². The highest BCUT2D eigenvalue weighted by Gasteiger charge is 2.27. The third kappa shape index (κ3) is 4.94. The lowest BCUT2D eigenvalue weighted by atomic mass is 9.89. The maximum absolute atomic E-state index is 14.0. The number of rotatable bonds is 5. The maximum Gasteiger partial charge on any atom is 0.365 e. The molecule has 2 aromatic carbocycles. The molecular formula is C27H26N4O3S2. The number of ether oxygens (including phenoxy) is 1. The Morgan fingerprint density at radius 3 is 2.64 bits per heavy atom. The number of nitrogens with one attached hydrogen (secondary N) is 1. The summed E-state index contributed by atoms with van der Waals surface area (Å²) in [5.74, 6) is 0.00144. The van der Waals surface area contributed by atoms with Gasteiger partial charge in [0.05, 0.1) is 23.4 Å². The van der Waals surface area contributed by atoms with Gasteiger partial charge in [-0.1, -0.05) is 43.3 Å². The third-order valence-corrected chi connectivity index (χ3v) is 8.07. The highest BCUT2D eigenvalue weighted by molar-refractivity contribution is 8.15. The van der Waals surface area contributed by atoms with Crippen molar-refractivity contribution in [2.45, 2.75) is 38.3 Å². The molecule has 1 aliphatic carbocycles. The van der Waals surface area contributed by atoms with Crippen LogP contribution in [-0.2, 0) is 22.4 Å². The predicted octanol–water partition coefficient (Wildman–Crippen LogP) is 5.65. The van der Waals surface area contributed by atoms with Gasteiger partial charge >= 0.3 is 5.97 Å². The van der Waals surface area contributed by atoms with Crippen LogP contribution in [0.5, 0.6) is 0 Å². The minimum atomic E-state index is -0.584. The average molecular weight is 519 g/mol. The molecule has 0 saturated heterocycles. The van der Waals surface area contributed by atoms with Gasteiger partial charge in [0.15, 0.2) is 5.16 Å². The zero-order chi connectivity index (χ0) is 25.1. The van der Waals surface area contributed by atoms with E-state index in [-0.39, 0.29) is 17.2 Å². The second-order valence-electron chi connectivity index (χ2n) is 8.62. The molecule has 184 valence electrons. The first kappa shape index (κ1) is 24.3. The Kier molecular flexibility index (Phi) is 7.20. The van der Waals surface area contributed by atoms with E-state index >= 15 is 0 Å². The van der Waals surface area contributed by atoms with Crippen molar-refractivity contribution >= 4 is 50.0 Å². The lowest BCUT2D eigenvalue weighted by molar-refractivity contribution is -0.134. The van der Waals surface area contributed by atoms with Crippen LogP contribution in [0.4, 0.5) is 5.69 Å². The van der Waals surface area contributed by atoms with Crippen LogP contribution in [-0.4, -0.2) is 27.2 Å². The summed E-state index contributed by atoms with van der Waals surface area (Å²) < 4.78 is 6.84. The quantitative estimate of drug-likeness (QED) is 0.0917. The molecule has 1 N–H and O–H groups in total. The smallest absolute Gasteiger partial charge is 0.365 e. The van der Waals surface area contributed by atoms with Crippen molar-refractivity contribution in [1.29, 1.82) is 0 Å². The standard InChI is InChI=1S/C27H26N4O3S2/c1-3-34-26(33)24(30-29-18-10-6-4-7-11-18)36-27-28-23-22(20-15-14-17(2)16-21(20)35-23)25(32)31(27)19-12-8-5-9-13-19/h4-13,17,29H,3,14-16H2,1-2H3/b30-24-/t17-/m1/s1. The molecule has 0 fully saturated rings. The van der Waals surface area contributed by atoms with E-state index in [2.05, 4.69) is 17.5 Å². The van der Waals surface area contributed by atoms with Crippen molar-refractivity contribution in [1.82, 2.24) is 9.55 Å². The van der Waals surface area contributed by atoms with E-state index in [1.54, 1.807) is 22.8 Å². The van der Waals surface area contributed by atoms with Crippen LogP contribution < -0.4 is 11.0 Å². The molecule has 1 aliphatic rings. The van der Waals surface area contributed by atoms with Gasteiger partial charge in [-0.3, -0.25) is 14.8 Å². The third-order valence-electron chi connectivity index (χ3n) is 6.01. The normalized spacial score (nSPS) is 15.5. The van der Waals surface area contributed by atoms with Crippen molar-refractivity contribution in [3.05, 3.63) is 81.5 Å². The summed E-state index contributed by atoms with van der Waals surface area (Å²) in [5.41, 5.74) is 5.32. The molecule has 2 aromatic heterocycles. The van der Waals surface area contributed by atoms with Gasteiger partial charge in [-0.15, -0.1) is 11.3 Å². The number of fused-ring (bicyclic) bond motifs is 3. The van der Waals surface area contributed by atoms with E-state index in [9.17, 15) is 9.59 Å². The van der Waals surface area contributed by atoms with Crippen molar-refractivity contribution in [3.8, 4) is 5.69 Å². The van der Waals surface area contributed by atoms with Gasteiger partial charge in [0.1, 0.15) is 4.83 Å². The SMILES string of the molecule is CCOC(=O)/C(=N/Nc1ccccc1)Sc1nc2sc3c(c2c(=O)n1-c1ccccc1)CC[C@@H](C)C3. The van der Waals surface area contributed by atoms with Crippen LogP contribution in [0.15, 0.2) is 75.7 Å². The number of benzene rings is 2. The summed E-state index contributed by atoms with van der Waals surface area (Å²) in [4.78, 5) is 33.6. The average Bonchev–Trinajstić information content (AvgIpc) is 3.25. The van der Waals surface area contributed by atoms with Gasteiger partial charge in [0.25, 0.3) is 5.56 Å². The van der Waals surface area contributed by atoms with E-state index < -0.39 is 5.97 Å². The fraction of sp³-hybridized carbons (Fsp3) is 0.259. The zero-order valence-corrected chi connectivity index (χ0v) is 21.7. The molecule has 7 nitrogen and oxygen atoms in total. The number of thioether (sulfide) groups is 1. The van der Waals surface area contributed by atoms with E-state index in [4.69, 9.17) is 9.72 Å². The monoisotopic (exact) mass is 518 g/mol. The summed E-state index contributed by atoms with van der Waals surface area (Å²) in [6.07, 6.45) is 2.90. The summed E-state index contributed by atoms with van der Waals surface area (Å²) in [6, 6.07) is 18.7. The van der Waals surface area contributed by atoms with Crippen LogP contribution in [0.1, 0.15) is 30.7 Å². The van der Waals surface area contributed by atoms with E-state index in [1.807, 2.05) is 60.7 Å². The molecule has 0 amide bonds. The number of carbonyl (C=O) groups is 1. The van der Waals surface area contributed by atoms with E-state index in [1.165, 1.54) is 4.88 Å². The van der Waals surface area contributed by atoms with Crippen molar-refractivity contribution < 1.29 is 9.53 Å². The molecule has 5 rings (SSSR count). The van der Waals surface area contributed by atoms with Gasteiger partial charge in [-0.25, -0.2) is 9.78 Å². The number of anilines is 1. The molecule has 1 atom stereocenters. The summed E-state index contributed by atoms with van der Waals surface area (Å²) in [7, 11) is 0. The Bertz CT molecular complexity index is 1480. The highest BCUT2D eigenvalue weighted by Crippen LogP contribution is 2.37. The minimum Gasteiger partial charge on any atom is -0.461 e. The van der Waals surface area contributed by atoms with Gasteiger partial charge in [0.2, 0.25) is 5.04 Å². The maximum atomic E-state index is 14.0. The molecule has 2 heterocycles. The largest absolute Gasteiger partial charge is 0.461 e. The number of thiophene rings is 1.